The highest BCUT2D eigenvalue weighted by molar-refractivity contribution is 5.59. The van der Waals surface area contributed by atoms with E-state index in [9.17, 15) is 0 Å². The molecule has 0 bridgehead atoms. The summed E-state index contributed by atoms with van der Waals surface area (Å²) in [4.78, 5) is 11.7. The zero-order valence-corrected chi connectivity index (χ0v) is 13.4. The van der Waals surface area contributed by atoms with Gasteiger partial charge in [-0.25, -0.2) is 9.97 Å². The van der Waals surface area contributed by atoms with Gasteiger partial charge in [0, 0.05) is 31.7 Å². The zero-order chi connectivity index (χ0) is 14.9. The fraction of sp³-hybridized carbons (Fsp3) is 0.733. The first kappa shape index (κ1) is 15.0. The van der Waals surface area contributed by atoms with E-state index in [1.54, 1.807) is 0 Å². The van der Waals surface area contributed by atoms with Crippen LogP contribution in [-0.4, -0.2) is 43.3 Å². The van der Waals surface area contributed by atoms with Gasteiger partial charge >= 0.3 is 0 Å². The van der Waals surface area contributed by atoms with Crippen LogP contribution in [0.15, 0.2) is 0 Å². The van der Waals surface area contributed by atoms with Crippen LogP contribution in [0.25, 0.3) is 0 Å². The molecule has 0 aliphatic carbocycles. The number of ether oxygens (including phenoxy) is 1. The predicted octanol–water partition coefficient (Wildman–Crippen LogP) is 2.35. The molecular weight excluding hydrogens is 252 g/mol. The van der Waals surface area contributed by atoms with Gasteiger partial charge in [-0.3, -0.25) is 0 Å². The van der Waals surface area contributed by atoms with E-state index in [1.165, 1.54) is 0 Å². The van der Waals surface area contributed by atoms with Gasteiger partial charge < -0.3 is 15.0 Å². The number of nitrogens with zero attached hydrogens (tertiary/aromatic N) is 3. The highest BCUT2D eigenvalue weighted by atomic mass is 16.5. The summed E-state index contributed by atoms with van der Waals surface area (Å²) < 4.78 is 5.49. The quantitative estimate of drug-likeness (QED) is 0.919. The summed E-state index contributed by atoms with van der Waals surface area (Å²) in [6.07, 6.45) is 1.06. The fourth-order valence-electron chi connectivity index (χ4n) is 2.43. The van der Waals surface area contributed by atoms with Crippen molar-refractivity contribution < 1.29 is 4.74 Å². The Hall–Kier alpha value is -1.36. The van der Waals surface area contributed by atoms with Crippen molar-refractivity contribution >= 4 is 11.6 Å². The molecule has 1 saturated heterocycles. The second-order valence-corrected chi connectivity index (χ2v) is 6.47. The minimum atomic E-state index is -0.0684. The van der Waals surface area contributed by atoms with Gasteiger partial charge in [-0.15, -0.1) is 0 Å². The van der Waals surface area contributed by atoms with Crippen molar-refractivity contribution in [1.29, 1.82) is 0 Å². The fourth-order valence-corrected chi connectivity index (χ4v) is 2.43. The summed E-state index contributed by atoms with van der Waals surface area (Å²) in [5, 5.41) is 3.18. The SMILES string of the molecule is CNc1nc(C(C)(C)C)nc(N(C)C2CCOC2)c1C. The minimum absolute atomic E-state index is 0.0684. The Morgan fingerprint density at radius 3 is 2.50 bits per heavy atom. The lowest BCUT2D eigenvalue weighted by atomic mass is 9.95. The third kappa shape index (κ3) is 2.87. The number of rotatable bonds is 3. The first-order valence-electron chi connectivity index (χ1n) is 7.22. The van der Waals surface area contributed by atoms with E-state index in [0.717, 1.165) is 42.7 Å². The average molecular weight is 278 g/mol. The minimum Gasteiger partial charge on any atom is -0.379 e. The van der Waals surface area contributed by atoms with E-state index in [2.05, 4.69) is 49.9 Å². The molecule has 5 heteroatoms. The van der Waals surface area contributed by atoms with Gasteiger partial charge in [0.1, 0.15) is 17.5 Å². The summed E-state index contributed by atoms with van der Waals surface area (Å²) in [5.74, 6) is 2.78. The van der Waals surface area contributed by atoms with Gasteiger partial charge in [-0.2, -0.15) is 0 Å². The summed E-state index contributed by atoms with van der Waals surface area (Å²) in [5.41, 5.74) is 1.02. The second kappa shape index (κ2) is 5.56. The van der Waals surface area contributed by atoms with Crippen LogP contribution < -0.4 is 10.2 Å². The van der Waals surface area contributed by atoms with Crippen LogP contribution in [0.5, 0.6) is 0 Å². The molecule has 1 aliphatic heterocycles. The third-order valence-electron chi connectivity index (χ3n) is 3.82. The van der Waals surface area contributed by atoms with Crippen LogP contribution in [0.4, 0.5) is 11.6 Å². The Kier molecular flexibility index (Phi) is 4.18. The molecule has 1 fully saturated rings. The number of anilines is 2. The summed E-state index contributed by atoms with van der Waals surface area (Å²) in [6.45, 7) is 10.1. The average Bonchev–Trinajstić information content (AvgIpc) is 2.90. The van der Waals surface area contributed by atoms with Gasteiger partial charge in [0.25, 0.3) is 0 Å². The molecular formula is C15H26N4O. The van der Waals surface area contributed by atoms with E-state index in [-0.39, 0.29) is 5.41 Å². The topological polar surface area (TPSA) is 50.3 Å². The summed E-state index contributed by atoms with van der Waals surface area (Å²) in [6, 6.07) is 0.404. The lowest BCUT2D eigenvalue weighted by molar-refractivity contribution is 0.193. The molecule has 5 nitrogen and oxygen atoms in total. The van der Waals surface area contributed by atoms with Gasteiger partial charge in [0.05, 0.1) is 12.6 Å². The Balaban J connectivity index is 2.44. The second-order valence-electron chi connectivity index (χ2n) is 6.47. The number of nitrogens with one attached hydrogen (secondary N) is 1. The van der Waals surface area contributed by atoms with Crippen molar-refractivity contribution in [3.05, 3.63) is 11.4 Å². The van der Waals surface area contributed by atoms with Gasteiger partial charge in [-0.05, 0) is 13.3 Å². The van der Waals surface area contributed by atoms with Gasteiger partial charge in [0.15, 0.2) is 0 Å². The molecule has 1 unspecified atom stereocenters. The van der Waals surface area contributed by atoms with Gasteiger partial charge in [-0.1, -0.05) is 20.8 Å². The first-order valence-corrected chi connectivity index (χ1v) is 7.22. The van der Waals surface area contributed by atoms with E-state index < -0.39 is 0 Å². The normalized spacial score (nSPS) is 19.2. The molecule has 2 heterocycles. The maximum atomic E-state index is 5.49. The molecule has 20 heavy (non-hydrogen) atoms. The lowest BCUT2D eigenvalue weighted by Gasteiger charge is -2.28. The van der Waals surface area contributed by atoms with Crippen LogP contribution in [0, 0.1) is 6.92 Å². The van der Waals surface area contributed by atoms with Crippen LogP contribution in [0.2, 0.25) is 0 Å². The molecule has 0 spiro atoms. The lowest BCUT2D eigenvalue weighted by Crippen LogP contribution is -2.34. The maximum absolute atomic E-state index is 5.49. The number of likely N-dealkylation sites (N-methyl/N-ethyl adjacent to an activating group) is 1. The molecule has 0 aromatic carbocycles. The standard InChI is InChI=1S/C15H26N4O/c1-10-12(16-5)17-14(15(2,3)4)18-13(10)19(6)11-7-8-20-9-11/h11H,7-9H2,1-6H3,(H,16,17,18). The molecule has 0 amide bonds. The van der Waals surface area contributed by atoms with Crippen molar-refractivity contribution in [2.24, 2.45) is 0 Å². The molecule has 112 valence electrons. The summed E-state index contributed by atoms with van der Waals surface area (Å²) in [7, 11) is 4.00. The third-order valence-corrected chi connectivity index (χ3v) is 3.82. The Bertz CT molecular complexity index is 475. The molecule has 1 aromatic rings. The summed E-state index contributed by atoms with van der Waals surface area (Å²) >= 11 is 0. The van der Waals surface area contributed by atoms with Crippen LogP contribution in [-0.2, 0) is 10.2 Å². The smallest absolute Gasteiger partial charge is 0.138 e. The van der Waals surface area contributed by atoms with Crippen molar-refractivity contribution in [1.82, 2.24) is 9.97 Å². The van der Waals surface area contributed by atoms with Crippen LogP contribution >= 0.6 is 0 Å². The molecule has 1 aliphatic rings. The molecule has 0 radical (unpaired) electrons. The number of hydrogen-bond acceptors (Lipinski definition) is 5. The maximum Gasteiger partial charge on any atom is 0.138 e. The van der Waals surface area contributed by atoms with E-state index in [4.69, 9.17) is 9.72 Å². The molecule has 1 atom stereocenters. The largest absolute Gasteiger partial charge is 0.379 e. The Morgan fingerprint density at radius 1 is 1.30 bits per heavy atom. The van der Waals surface area contributed by atoms with Crippen molar-refractivity contribution in [3.8, 4) is 0 Å². The Morgan fingerprint density at radius 2 is 2.00 bits per heavy atom. The van der Waals surface area contributed by atoms with E-state index in [1.807, 2.05) is 7.05 Å². The van der Waals surface area contributed by atoms with E-state index >= 15 is 0 Å². The first-order chi connectivity index (χ1) is 9.34. The monoisotopic (exact) mass is 278 g/mol. The predicted molar refractivity (Wildman–Crippen MR) is 82.6 cm³/mol. The van der Waals surface area contributed by atoms with Crippen LogP contribution in [0.1, 0.15) is 38.6 Å². The highest BCUT2D eigenvalue weighted by Gasteiger charge is 2.26. The highest BCUT2D eigenvalue weighted by Crippen LogP contribution is 2.29. The van der Waals surface area contributed by atoms with Crippen molar-refractivity contribution in [2.45, 2.75) is 45.6 Å². The van der Waals surface area contributed by atoms with Crippen molar-refractivity contribution in [3.63, 3.8) is 0 Å². The zero-order valence-electron chi connectivity index (χ0n) is 13.4. The van der Waals surface area contributed by atoms with Crippen molar-refractivity contribution in [2.75, 3.05) is 37.5 Å². The van der Waals surface area contributed by atoms with Crippen LogP contribution in [0.3, 0.4) is 0 Å². The molecule has 2 rings (SSSR count). The number of aromatic nitrogens is 2. The molecule has 1 N–H and O–H groups in total. The molecule has 0 saturated carbocycles. The number of hydrogen-bond donors (Lipinski definition) is 1. The van der Waals surface area contributed by atoms with E-state index in [0.29, 0.717) is 6.04 Å². The van der Waals surface area contributed by atoms with Gasteiger partial charge in [0.2, 0.25) is 0 Å². The Labute approximate surface area is 121 Å². The molecule has 1 aromatic heterocycles.